The molecule has 1 aromatic carbocycles. The second-order valence-corrected chi connectivity index (χ2v) is 8.92. The van der Waals surface area contributed by atoms with Crippen molar-refractivity contribution in [2.75, 3.05) is 13.1 Å². The second-order valence-electron chi connectivity index (χ2n) is 8.92. The Morgan fingerprint density at radius 2 is 1.68 bits per heavy atom. The summed E-state index contributed by atoms with van der Waals surface area (Å²) in [6, 6.07) is 9.03. The van der Waals surface area contributed by atoms with Crippen molar-refractivity contribution in [2.24, 2.45) is 25.9 Å². The molecule has 8 nitrogen and oxygen atoms in total. The van der Waals surface area contributed by atoms with Gasteiger partial charge < -0.3 is 4.57 Å². The minimum atomic E-state index is -0.432. The lowest BCUT2D eigenvalue weighted by Gasteiger charge is -2.34. The van der Waals surface area contributed by atoms with Crippen LogP contribution in [0.15, 0.2) is 39.9 Å². The number of carbonyl (C=O) groups is 1. The van der Waals surface area contributed by atoms with E-state index >= 15 is 0 Å². The Balaban J connectivity index is 1.82. The minimum absolute atomic E-state index is 0.00222. The van der Waals surface area contributed by atoms with Crippen LogP contribution in [0.1, 0.15) is 36.5 Å². The van der Waals surface area contributed by atoms with Crippen LogP contribution in [0.2, 0.25) is 0 Å². The van der Waals surface area contributed by atoms with Crippen molar-refractivity contribution in [1.29, 1.82) is 0 Å². The number of imidazole rings is 1. The van der Waals surface area contributed by atoms with E-state index in [1.54, 1.807) is 23.7 Å². The van der Waals surface area contributed by atoms with Gasteiger partial charge in [-0.1, -0.05) is 44.2 Å². The lowest BCUT2D eigenvalue weighted by molar-refractivity contribution is 0.0967. The smallest absolute Gasteiger partial charge is 0.313 e. The number of hydrogen-bond acceptors (Lipinski definition) is 5. The standard InChI is InChI=1S/C23H29N5O3/c1-15-10-16(2)12-27(11-15)14-19-24-21-20(22(30)26(4)23(31)25(21)3)28(19)13-18(29)17-8-6-5-7-9-17/h5-9,15-16H,10-14H2,1-4H3/t15-,16-/m0/s1. The number of likely N-dealkylation sites (tertiary alicyclic amines) is 1. The molecule has 2 atom stereocenters. The van der Waals surface area contributed by atoms with Gasteiger partial charge in [-0.25, -0.2) is 9.78 Å². The Morgan fingerprint density at radius 3 is 2.32 bits per heavy atom. The maximum absolute atomic E-state index is 13.0. The summed E-state index contributed by atoms with van der Waals surface area (Å²) in [5.74, 6) is 1.69. The highest BCUT2D eigenvalue weighted by Crippen LogP contribution is 2.23. The number of nitrogens with zero attached hydrogens (tertiary/aromatic N) is 5. The Morgan fingerprint density at radius 1 is 1.03 bits per heavy atom. The molecule has 2 aromatic heterocycles. The average Bonchev–Trinajstić information content (AvgIpc) is 3.08. The van der Waals surface area contributed by atoms with Gasteiger partial charge in [-0.05, 0) is 18.3 Å². The number of ketones is 1. The van der Waals surface area contributed by atoms with Gasteiger partial charge in [-0.15, -0.1) is 0 Å². The van der Waals surface area contributed by atoms with Gasteiger partial charge in [0.2, 0.25) is 0 Å². The number of aryl methyl sites for hydroxylation is 1. The van der Waals surface area contributed by atoms with Crippen LogP contribution in [0.4, 0.5) is 0 Å². The van der Waals surface area contributed by atoms with Crippen molar-refractivity contribution in [3.8, 4) is 0 Å². The Kier molecular flexibility index (Phi) is 5.66. The first-order valence-corrected chi connectivity index (χ1v) is 10.7. The highest BCUT2D eigenvalue weighted by molar-refractivity contribution is 5.96. The topological polar surface area (TPSA) is 82.1 Å². The van der Waals surface area contributed by atoms with E-state index in [-0.39, 0.29) is 12.3 Å². The zero-order valence-corrected chi connectivity index (χ0v) is 18.5. The number of Topliss-reactive ketones (excluding diaryl/α,β-unsaturated/α-hetero) is 1. The number of hydrogen-bond donors (Lipinski definition) is 0. The van der Waals surface area contributed by atoms with E-state index in [0.29, 0.717) is 40.9 Å². The summed E-state index contributed by atoms with van der Waals surface area (Å²) < 4.78 is 4.16. The van der Waals surface area contributed by atoms with Gasteiger partial charge in [0.1, 0.15) is 5.82 Å². The molecule has 3 aromatic rings. The van der Waals surface area contributed by atoms with E-state index in [9.17, 15) is 14.4 Å². The fourth-order valence-electron chi connectivity index (χ4n) is 4.76. The molecule has 8 heteroatoms. The van der Waals surface area contributed by atoms with Crippen LogP contribution in [0, 0.1) is 11.8 Å². The molecule has 0 bridgehead atoms. The Hall–Kier alpha value is -3.00. The van der Waals surface area contributed by atoms with Crippen molar-refractivity contribution < 1.29 is 4.79 Å². The van der Waals surface area contributed by atoms with Crippen molar-refractivity contribution in [3.63, 3.8) is 0 Å². The van der Waals surface area contributed by atoms with Crippen LogP contribution < -0.4 is 11.2 Å². The van der Waals surface area contributed by atoms with E-state index in [0.717, 1.165) is 17.7 Å². The molecule has 164 valence electrons. The molecule has 1 fully saturated rings. The Bertz CT molecular complexity index is 1230. The summed E-state index contributed by atoms with van der Waals surface area (Å²) in [7, 11) is 3.06. The van der Waals surface area contributed by atoms with Crippen molar-refractivity contribution in [3.05, 3.63) is 62.6 Å². The molecule has 4 rings (SSSR count). The molecule has 0 aliphatic carbocycles. The molecule has 0 radical (unpaired) electrons. The summed E-state index contributed by atoms with van der Waals surface area (Å²) in [6.45, 7) is 6.90. The maximum Gasteiger partial charge on any atom is 0.332 e. The molecule has 1 aliphatic heterocycles. The third-order valence-electron chi connectivity index (χ3n) is 6.13. The third-order valence-corrected chi connectivity index (χ3v) is 6.13. The zero-order valence-electron chi connectivity index (χ0n) is 18.5. The summed E-state index contributed by atoms with van der Waals surface area (Å²) in [6.07, 6.45) is 1.19. The van der Waals surface area contributed by atoms with Gasteiger partial charge in [-0.2, -0.15) is 0 Å². The lowest BCUT2D eigenvalue weighted by atomic mass is 9.92. The van der Waals surface area contributed by atoms with E-state index in [1.807, 2.05) is 18.2 Å². The molecule has 0 N–H and O–H groups in total. The maximum atomic E-state index is 13.0. The van der Waals surface area contributed by atoms with E-state index in [1.165, 1.54) is 18.0 Å². The largest absolute Gasteiger partial charge is 0.332 e. The van der Waals surface area contributed by atoms with Gasteiger partial charge in [0, 0.05) is 32.7 Å². The minimum Gasteiger partial charge on any atom is -0.313 e. The molecule has 0 spiro atoms. The first-order chi connectivity index (χ1) is 14.8. The predicted molar refractivity (Wildman–Crippen MR) is 119 cm³/mol. The molecule has 3 heterocycles. The average molecular weight is 424 g/mol. The normalized spacial score (nSPS) is 19.7. The van der Waals surface area contributed by atoms with Crippen LogP contribution in [0.5, 0.6) is 0 Å². The van der Waals surface area contributed by atoms with E-state index in [4.69, 9.17) is 0 Å². The fraction of sp³-hybridized carbons (Fsp3) is 0.478. The van der Waals surface area contributed by atoms with Crippen molar-refractivity contribution >= 4 is 16.9 Å². The molecule has 0 unspecified atom stereocenters. The predicted octanol–water partition coefficient (Wildman–Crippen LogP) is 1.79. The van der Waals surface area contributed by atoms with E-state index < -0.39 is 11.2 Å². The zero-order chi connectivity index (χ0) is 22.3. The van der Waals surface area contributed by atoms with Crippen LogP contribution in [0.25, 0.3) is 11.2 Å². The summed E-state index contributed by atoms with van der Waals surface area (Å²) in [5.41, 5.74) is 0.336. The number of rotatable bonds is 5. The quantitative estimate of drug-likeness (QED) is 0.585. The lowest BCUT2D eigenvalue weighted by Crippen LogP contribution is -2.39. The molecular formula is C23H29N5O3. The molecule has 0 saturated carbocycles. The molecule has 1 aliphatic rings. The second kappa shape index (κ2) is 8.26. The monoisotopic (exact) mass is 423 g/mol. The van der Waals surface area contributed by atoms with Gasteiger partial charge in [-0.3, -0.25) is 23.6 Å². The van der Waals surface area contributed by atoms with Gasteiger partial charge in [0.25, 0.3) is 5.56 Å². The number of benzene rings is 1. The number of fused-ring (bicyclic) bond motifs is 1. The first kappa shape index (κ1) is 21.2. The first-order valence-electron chi connectivity index (χ1n) is 10.7. The third kappa shape index (κ3) is 3.99. The molecule has 1 saturated heterocycles. The van der Waals surface area contributed by atoms with Crippen molar-refractivity contribution in [2.45, 2.75) is 33.4 Å². The van der Waals surface area contributed by atoms with Crippen LogP contribution in [-0.4, -0.2) is 42.5 Å². The number of carbonyl (C=O) groups excluding carboxylic acids is 1. The fourth-order valence-corrected chi connectivity index (χ4v) is 4.76. The number of aromatic nitrogens is 4. The van der Waals surface area contributed by atoms with Crippen molar-refractivity contribution in [1.82, 2.24) is 23.6 Å². The summed E-state index contributed by atoms with van der Waals surface area (Å²) in [4.78, 5) is 45.5. The van der Waals surface area contributed by atoms with Crippen LogP contribution in [0.3, 0.4) is 0 Å². The highest BCUT2D eigenvalue weighted by atomic mass is 16.2. The highest BCUT2D eigenvalue weighted by Gasteiger charge is 2.26. The van der Waals surface area contributed by atoms with Crippen LogP contribution in [-0.2, 0) is 27.2 Å². The van der Waals surface area contributed by atoms with Crippen LogP contribution >= 0.6 is 0 Å². The van der Waals surface area contributed by atoms with Gasteiger partial charge >= 0.3 is 5.69 Å². The number of piperidine rings is 1. The molecule has 31 heavy (non-hydrogen) atoms. The summed E-state index contributed by atoms with van der Waals surface area (Å²) in [5, 5.41) is 0. The Labute approximate surface area is 180 Å². The summed E-state index contributed by atoms with van der Waals surface area (Å²) >= 11 is 0. The van der Waals surface area contributed by atoms with Gasteiger partial charge in [0.05, 0.1) is 13.1 Å². The molecule has 0 amide bonds. The molecular weight excluding hydrogens is 394 g/mol. The van der Waals surface area contributed by atoms with Gasteiger partial charge in [0.15, 0.2) is 16.9 Å². The van der Waals surface area contributed by atoms with E-state index in [2.05, 4.69) is 23.7 Å². The SMILES string of the molecule is C[C@H]1C[C@H](C)CN(Cc2nc3c(c(=O)n(C)c(=O)n3C)n2CC(=O)c2ccccc2)C1.